The number of fused-ring (bicyclic) bond motifs is 6. The molecule has 0 unspecified atom stereocenters. The van der Waals surface area contributed by atoms with Gasteiger partial charge in [0.15, 0.2) is 0 Å². The van der Waals surface area contributed by atoms with Gasteiger partial charge in [-0.05, 0) is 105 Å². The van der Waals surface area contributed by atoms with E-state index in [1.807, 2.05) is 0 Å². The van der Waals surface area contributed by atoms with E-state index in [4.69, 9.17) is 0 Å². The van der Waals surface area contributed by atoms with Crippen molar-refractivity contribution in [1.29, 1.82) is 0 Å². The van der Waals surface area contributed by atoms with Crippen LogP contribution in [0.1, 0.15) is 22.3 Å². The molecule has 0 N–H and O–H groups in total. The molecular weight excluding hydrogens is 761 g/mol. The Morgan fingerprint density at radius 1 is 0.317 bits per heavy atom. The van der Waals surface area contributed by atoms with Crippen LogP contribution in [-0.2, 0) is 5.41 Å². The van der Waals surface area contributed by atoms with Crippen molar-refractivity contribution in [3.05, 3.63) is 277 Å². The Bertz CT molecular complexity index is 3350. The standard InChI is InChI=1S/C61H42N2/c1-5-19-46(20-6-1)61(47-21-7-2-8-22-47)56-30-16-13-28-52(56)55-42-50(38-40-57(55)61)63-59-32-18-15-29-53(59)54-39-37-45(41-60(54)63)43-33-35-44(36-34-43)51-27-14-17-31-58(51)62(48-23-9-3-10-24-48)49-25-11-4-12-26-49/h1-42H. The smallest absolute Gasteiger partial charge is 0.0713 e. The lowest BCUT2D eigenvalue weighted by Gasteiger charge is -2.33. The summed E-state index contributed by atoms with van der Waals surface area (Å²) in [5, 5.41) is 2.49. The van der Waals surface area contributed by atoms with Gasteiger partial charge < -0.3 is 9.47 Å². The number of para-hydroxylation sites is 4. The van der Waals surface area contributed by atoms with E-state index in [-0.39, 0.29) is 0 Å². The first kappa shape index (κ1) is 36.6. The summed E-state index contributed by atoms with van der Waals surface area (Å²) in [4.78, 5) is 2.34. The SMILES string of the molecule is c1ccc(N(c2ccccc2)c2ccccc2-c2ccc(-c3ccc4c5ccccc5n(-c5ccc6c(c5)-c5ccccc5C6(c5ccccc5)c5ccccc5)c4c3)cc2)cc1. The summed E-state index contributed by atoms with van der Waals surface area (Å²) in [5.74, 6) is 0. The normalized spacial score (nSPS) is 12.6. The van der Waals surface area contributed by atoms with Crippen molar-refractivity contribution in [2.75, 3.05) is 4.90 Å². The van der Waals surface area contributed by atoms with Gasteiger partial charge in [0.2, 0.25) is 0 Å². The number of hydrogen-bond donors (Lipinski definition) is 0. The largest absolute Gasteiger partial charge is 0.310 e. The van der Waals surface area contributed by atoms with Crippen LogP contribution in [0.4, 0.5) is 17.1 Å². The average molecular weight is 803 g/mol. The molecular formula is C61H42N2. The van der Waals surface area contributed by atoms with Crippen molar-refractivity contribution in [3.8, 4) is 39.1 Å². The fraction of sp³-hybridized carbons (Fsp3) is 0.0164. The number of anilines is 3. The molecule has 63 heavy (non-hydrogen) atoms. The Morgan fingerprint density at radius 2 is 0.825 bits per heavy atom. The third kappa shape index (κ3) is 5.87. The van der Waals surface area contributed by atoms with Gasteiger partial charge in [0.25, 0.3) is 0 Å². The summed E-state index contributed by atoms with van der Waals surface area (Å²) in [7, 11) is 0. The van der Waals surface area contributed by atoms with Crippen LogP contribution in [0.25, 0.3) is 60.9 Å². The van der Waals surface area contributed by atoms with Crippen molar-refractivity contribution >= 4 is 38.9 Å². The summed E-state index contributed by atoms with van der Waals surface area (Å²) in [6.07, 6.45) is 0. The van der Waals surface area contributed by atoms with E-state index in [0.717, 1.165) is 22.7 Å². The Morgan fingerprint density at radius 3 is 1.51 bits per heavy atom. The van der Waals surface area contributed by atoms with Gasteiger partial charge in [0.05, 0.1) is 22.1 Å². The van der Waals surface area contributed by atoms with Gasteiger partial charge in [-0.2, -0.15) is 0 Å². The molecule has 296 valence electrons. The molecule has 11 aromatic rings. The summed E-state index contributed by atoms with van der Waals surface area (Å²) in [6, 6.07) is 93.1. The molecule has 0 atom stereocenters. The van der Waals surface area contributed by atoms with E-state index in [0.29, 0.717) is 0 Å². The summed E-state index contributed by atoms with van der Waals surface area (Å²) in [6.45, 7) is 0. The van der Waals surface area contributed by atoms with Crippen molar-refractivity contribution in [2.24, 2.45) is 0 Å². The maximum Gasteiger partial charge on any atom is 0.0713 e. The lowest BCUT2D eigenvalue weighted by atomic mass is 9.68. The fourth-order valence-corrected chi connectivity index (χ4v) is 10.3. The average Bonchev–Trinajstić information content (AvgIpc) is 3.85. The van der Waals surface area contributed by atoms with Gasteiger partial charge in [-0.3, -0.25) is 0 Å². The maximum atomic E-state index is 2.47. The number of aromatic nitrogens is 1. The highest BCUT2D eigenvalue weighted by Crippen LogP contribution is 2.56. The second kappa shape index (κ2) is 15.1. The zero-order valence-corrected chi connectivity index (χ0v) is 34.6. The predicted molar refractivity (Wildman–Crippen MR) is 264 cm³/mol. The van der Waals surface area contributed by atoms with E-state index >= 15 is 0 Å². The highest BCUT2D eigenvalue weighted by Gasteiger charge is 2.46. The predicted octanol–water partition coefficient (Wildman–Crippen LogP) is 16.0. The van der Waals surface area contributed by atoms with Crippen LogP contribution in [0, 0.1) is 0 Å². The minimum absolute atomic E-state index is 0.435. The van der Waals surface area contributed by atoms with E-state index in [1.54, 1.807) is 0 Å². The molecule has 0 fully saturated rings. The minimum Gasteiger partial charge on any atom is -0.310 e. The Hall–Kier alpha value is -8.20. The number of benzene rings is 10. The van der Waals surface area contributed by atoms with Crippen LogP contribution >= 0.6 is 0 Å². The monoisotopic (exact) mass is 802 g/mol. The van der Waals surface area contributed by atoms with E-state index in [9.17, 15) is 0 Å². The third-order valence-corrected chi connectivity index (χ3v) is 13.1. The van der Waals surface area contributed by atoms with Gasteiger partial charge in [-0.25, -0.2) is 0 Å². The first-order valence-corrected chi connectivity index (χ1v) is 21.8. The zero-order valence-electron chi connectivity index (χ0n) is 34.6. The third-order valence-electron chi connectivity index (χ3n) is 13.1. The molecule has 0 spiro atoms. The molecule has 2 nitrogen and oxygen atoms in total. The van der Waals surface area contributed by atoms with Gasteiger partial charge in [-0.1, -0.05) is 200 Å². The van der Waals surface area contributed by atoms with E-state index in [1.165, 1.54) is 77.4 Å². The first-order valence-electron chi connectivity index (χ1n) is 21.8. The topological polar surface area (TPSA) is 8.17 Å². The fourth-order valence-electron chi connectivity index (χ4n) is 10.3. The van der Waals surface area contributed by atoms with Gasteiger partial charge in [0, 0.05) is 33.4 Å². The second-order valence-electron chi connectivity index (χ2n) is 16.4. The Balaban J connectivity index is 0.982. The number of hydrogen-bond acceptors (Lipinski definition) is 1. The molecule has 0 amide bonds. The van der Waals surface area contributed by atoms with Crippen LogP contribution in [0.2, 0.25) is 0 Å². The van der Waals surface area contributed by atoms with Gasteiger partial charge in [-0.15, -0.1) is 0 Å². The molecule has 10 aromatic carbocycles. The highest BCUT2D eigenvalue weighted by molar-refractivity contribution is 6.10. The van der Waals surface area contributed by atoms with Crippen LogP contribution in [0.15, 0.2) is 255 Å². The van der Waals surface area contributed by atoms with Crippen molar-refractivity contribution in [3.63, 3.8) is 0 Å². The first-order chi connectivity index (χ1) is 31.3. The molecule has 0 bridgehead atoms. The molecule has 0 radical (unpaired) electrons. The van der Waals surface area contributed by atoms with Crippen LogP contribution in [-0.4, -0.2) is 4.57 Å². The molecule has 1 aliphatic rings. The molecule has 1 aromatic heterocycles. The van der Waals surface area contributed by atoms with Crippen molar-refractivity contribution < 1.29 is 0 Å². The Kier molecular flexibility index (Phi) is 8.76. The highest BCUT2D eigenvalue weighted by atomic mass is 15.1. The van der Waals surface area contributed by atoms with Gasteiger partial charge >= 0.3 is 0 Å². The van der Waals surface area contributed by atoms with Gasteiger partial charge in [0.1, 0.15) is 0 Å². The molecule has 1 heterocycles. The van der Waals surface area contributed by atoms with Crippen molar-refractivity contribution in [1.82, 2.24) is 4.57 Å². The summed E-state index contributed by atoms with van der Waals surface area (Å²) in [5.41, 5.74) is 18.9. The Labute approximate surface area is 368 Å². The number of nitrogens with zero attached hydrogens (tertiary/aromatic N) is 2. The quantitative estimate of drug-likeness (QED) is 0.149. The maximum absolute atomic E-state index is 2.47. The molecule has 0 saturated carbocycles. The van der Waals surface area contributed by atoms with E-state index < -0.39 is 5.41 Å². The summed E-state index contributed by atoms with van der Waals surface area (Å²) < 4.78 is 2.47. The molecule has 0 aliphatic heterocycles. The lowest BCUT2D eigenvalue weighted by molar-refractivity contribution is 0.768. The minimum atomic E-state index is -0.435. The summed E-state index contributed by atoms with van der Waals surface area (Å²) >= 11 is 0. The van der Waals surface area contributed by atoms with Crippen molar-refractivity contribution in [2.45, 2.75) is 5.41 Å². The lowest BCUT2D eigenvalue weighted by Crippen LogP contribution is -2.28. The van der Waals surface area contributed by atoms with Crippen LogP contribution < -0.4 is 4.90 Å². The zero-order chi connectivity index (χ0) is 41.7. The van der Waals surface area contributed by atoms with E-state index in [2.05, 4.69) is 264 Å². The van der Waals surface area contributed by atoms with Crippen LogP contribution in [0.3, 0.4) is 0 Å². The molecule has 1 aliphatic carbocycles. The molecule has 12 rings (SSSR count). The molecule has 2 heteroatoms. The number of rotatable bonds is 8. The molecule has 0 saturated heterocycles. The van der Waals surface area contributed by atoms with Crippen LogP contribution in [0.5, 0.6) is 0 Å². The second-order valence-corrected chi connectivity index (χ2v) is 16.4.